The third kappa shape index (κ3) is 4.38. The van der Waals surface area contributed by atoms with Gasteiger partial charge in [0.05, 0.1) is 12.0 Å². The van der Waals surface area contributed by atoms with Crippen molar-refractivity contribution in [1.82, 2.24) is 9.91 Å². The maximum atomic E-state index is 13.2. The molecule has 0 unspecified atom stereocenters. The van der Waals surface area contributed by atoms with Crippen LogP contribution in [0.15, 0.2) is 56.5 Å². The number of nitrogens with zero attached hydrogens (tertiary/aromatic N) is 4. The van der Waals surface area contributed by atoms with Crippen molar-refractivity contribution >= 4 is 45.7 Å². The first kappa shape index (κ1) is 21.3. The van der Waals surface area contributed by atoms with Gasteiger partial charge in [-0.1, -0.05) is 0 Å². The van der Waals surface area contributed by atoms with Crippen LogP contribution in [0.4, 0.5) is 4.39 Å². The zero-order chi connectivity index (χ0) is 22.9. The van der Waals surface area contributed by atoms with Crippen LogP contribution in [0.5, 0.6) is 0 Å². The molecule has 8 nitrogen and oxygen atoms in total. The van der Waals surface area contributed by atoms with Crippen LogP contribution in [-0.2, 0) is 9.59 Å². The Morgan fingerprint density at radius 2 is 1.91 bits per heavy atom. The number of halogens is 1. The number of nitrogens with one attached hydrogen (secondary N) is 1. The van der Waals surface area contributed by atoms with Gasteiger partial charge in [-0.15, -0.1) is 0 Å². The number of carbonyl (C=O) groups excluding carboxylic acids is 2. The maximum absolute atomic E-state index is 13.2. The smallest absolute Gasteiger partial charge is 0.283 e. The molecule has 1 aromatic carbocycles. The molecule has 1 fully saturated rings. The van der Waals surface area contributed by atoms with Gasteiger partial charge in [-0.05, 0) is 73.5 Å². The summed E-state index contributed by atoms with van der Waals surface area (Å²) in [5, 5.41) is 14.9. The van der Waals surface area contributed by atoms with Crippen molar-refractivity contribution in [3.05, 3.63) is 53.5 Å². The molecule has 4 heterocycles. The first-order valence-corrected chi connectivity index (χ1v) is 11.4. The quantitative estimate of drug-likeness (QED) is 0.685. The molecule has 1 aromatic heterocycles. The van der Waals surface area contributed by atoms with Crippen molar-refractivity contribution in [3.63, 3.8) is 0 Å². The highest BCUT2D eigenvalue weighted by Gasteiger charge is 2.36. The predicted molar refractivity (Wildman–Crippen MR) is 124 cm³/mol. The Balaban J connectivity index is 1.33. The number of carbonyl (C=O) groups is 2. The fourth-order valence-corrected chi connectivity index (χ4v) is 4.71. The number of amides is 2. The van der Waals surface area contributed by atoms with Crippen molar-refractivity contribution in [2.24, 2.45) is 10.1 Å². The summed E-state index contributed by atoms with van der Waals surface area (Å²) < 4.78 is 18.9. The Kier molecular flexibility index (Phi) is 5.67. The van der Waals surface area contributed by atoms with E-state index >= 15 is 0 Å². The summed E-state index contributed by atoms with van der Waals surface area (Å²) in [6.45, 7) is 1.51. The molecule has 33 heavy (non-hydrogen) atoms. The lowest BCUT2D eigenvalue weighted by atomic mass is 10.1. The largest absolute Gasteiger partial charge is 0.457 e. The van der Waals surface area contributed by atoms with Gasteiger partial charge in [0.2, 0.25) is 11.1 Å². The third-order valence-corrected chi connectivity index (χ3v) is 6.46. The minimum Gasteiger partial charge on any atom is -0.457 e. The summed E-state index contributed by atoms with van der Waals surface area (Å²) in [7, 11) is 0. The molecule has 10 heteroatoms. The van der Waals surface area contributed by atoms with Gasteiger partial charge in [-0.25, -0.2) is 4.39 Å². The van der Waals surface area contributed by atoms with Gasteiger partial charge in [0.25, 0.3) is 5.91 Å². The highest BCUT2D eigenvalue weighted by atomic mass is 32.2. The Hall–Kier alpha value is -3.53. The molecule has 1 saturated heterocycles. The lowest BCUT2D eigenvalue weighted by Gasteiger charge is -2.26. The number of piperidine rings is 1. The zero-order valence-corrected chi connectivity index (χ0v) is 18.4. The summed E-state index contributed by atoms with van der Waals surface area (Å²) in [6.07, 6.45) is 4.72. The number of hydrogen-bond donors (Lipinski definition) is 1. The number of furan rings is 1. The van der Waals surface area contributed by atoms with Crippen LogP contribution in [0.1, 0.15) is 31.4 Å². The summed E-state index contributed by atoms with van der Waals surface area (Å²) in [6, 6.07) is 9.23. The number of hydrogen-bond acceptors (Lipinski definition) is 6. The van der Waals surface area contributed by atoms with Crippen molar-refractivity contribution in [2.75, 3.05) is 13.1 Å². The number of amidine groups is 2. The van der Waals surface area contributed by atoms with Crippen LogP contribution in [0.2, 0.25) is 0 Å². The molecule has 5 rings (SSSR count). The molecule has 0 radical (unpaired) electrons. The van der Waals surface area contributed by atoms with Crippen LogP contribution >= 0.6 is 11.8 Å². The van der Waals surface area contributed by atoms with Gasteiger partial charge in [0, 0.05) is 18.7 Å². The zero-order valence-electron chi connectivity index (χ0n) is 17.6. The molecule has 0 saturated carbocycles. The normalized spacial score (nSPS) is 19.6. The second kappa shape index (κ2) is 8.78. The topological polar surface area (TPSA) is 102 Å². The number of thioether (sulfide) groups is 1. The number of rotatable bonds is 4. The fraction of sp³-hybridized carbons (Fsp3) is 0.261. The van der Waals surface area contributed by atoms with Gasteiger partial charge in [0.1, 0.15) is 22.4 Å². The Bertz CT molecular complexity index is 1220. The van der Waals surface area contributed by atoms with Crippen LogP contribution in [-0.4, -0.2) is 50.9 Å². The van der Waals surface area contributed by atoms with Crippen molar-refractivity contribution in [3.8, 4) is 11.3 Å². The Labute approximate surface area is 193 Å². The number of hydrazone groups is 1. The first-order valence-electron chi connectivity index (χ1n) is 10.6. The maximum Gasteiger partial charge on any atom is 0.283 e. The van der Waals surface area contributed by atoms with Gasteiger partial charge in [0.15, 0.2) is 5.84 Å². The Morgan fingerprint density at radius 3 is 2.67 bits per heavy atom. The molecule has 1 N–H and O–H groups in total. The molecular weight excluding hydrogens is 445 g/mol. The predicted octanol–water partition coefficient (Wildman–Crippen LogP) is 4.11. The highest BCUT2D eigenvalue weighted by Crippen LogP contribution is 2.31. The van der Waals surface area contributed by atoms with E-state index in [0.717, 1.165) is 44.1 Å². The third-order valence-electron chi connectivity index (χ3n) is 5.55. The number of likely N-dealkylation sites (tertiary alicyclic amines) is 1. The van der Waals surface area contributed by atoms with Gasteiger partial charge in [-0.2, -0.15) is 15.1 Å². The average molecular weight is 466 g/mol. The lowest BCUT2D eigenvalue weighted by Crippen LogP contribution is -2.36. The van der Waals surface area contributed by atoms with E-state index in [1.807, 2.05) is 4.90 Å². The highest BCUT2D eigenvalue weighted by molar-refractivity contribution is 8.27. The number of fused-ring (bicyclic) bond motifs is 1. The molecular formula is C23H20FN5O3S. The van der Waals surface area contributed by atoms with Crippen LogP contribution in [0.3, 0.4) is 0 Å². The van der Waals surface area contributed by atoms with E-state index in [9.17, 15) is 14.0 Å². The Morgan fingerprint density at radius 1 is 1.15 bits per heavy atom. The van der Waals surface area contributed by atoms with Crippen LogP contribution in [0, 0.1) is 11.2 Å². The molecule has 0 aliphatic carbocycles. The summed E-state index contributed by atoms with van der Waals surface area (Å²) >= 11 is 1.14. The molecule has 0 bridgehead atoms. The van der Waals surface area contributed by atoms with E-state index < -0.39 is 5.91 Å². The minimum atomic E-state index is -0.572. The van der Waals surface area contributed by atoms with Crippen molar-refractivity contribution < 1.29 is 18.4 Å². The van der Waals surface area contributed by atoms with Gasteiger partial charge >= 0.3 is 0 Å². The van der Waals surface area contributed by atoms with Crippen LogP contribution < -0.4 is 0 Å². The minimum absolute atomic E-state index is 0.000993. The van der Waals surface area contributed by atoms with E-state index in [0.29, 0.717) is 22.1 Å². The summed E-state index contributed by atoms with van der Waals surface area (Å²) in [4.78, 5) is 31.0. The average Bonchev–Trinajstić information content (AvgIpc) is 3.45. The molecule has 3 aliphatic heterocycles. The van der Waals surface area contributed by atoms with E-state index in [1.54, 1.807) is 24.3 Å². The van der Waals surface area contributed by atoms with Crippen LogP contribution in [0.25, 0.3) is 17.4 Å². The lowest BCUT2D eigenvalue weighted by molar-refractivity contribution is -0.130. The monoisotopic (exact) mass is 465 g/mol. The SMILES string of the molecule is N=C1C(=Cc2ccc(-c3ccc(F)cc3)o2)C(=O)N=C2SC(CC(=O)N3CCCCC3)=NN12. The van der Waals surface area contributed by atoms with Gasteiger partial charge in [-0.3, -0.25) is 15.0 Å². The second-order valence-electron chi connectivity index (χ2n) is 7.84. The summed E-state index contributed by atoms with van der Waals surface area (Å²) in [5.74, 6) is -0.177. The van der Waals surface area contributed by atoms with Gasteiger partial charge < -0.3 is 9.32 Å². The van der Waals surface area contributed by atoms with Crippen molar-refractivity contribution in [2.45, 2.75) is 25.7 Å². The van der Waals surface area contributed by atoms with E-state index in [-0.39, 0.29) is 34.7 Å². The summed E-state index contributed by atoms with van der Waals surface area (Å²) in [5.41, 5.74) is 0.724. The van der Waals surface area contributed by atoms with Crippen molar-refractivity contribution in [1.29, 1.82) is 5.41 Å². The number of benzene rings is 1. The molecule has 0 atom stereocenters. The second-order valence-corrected chi connectivity index (χ2v) is 8.88. The first-order chi connectivity index (χ1) is 16.0. The fourth-order valence-electron chi connectivity index (χ4n) is 3.83. The molecule has 2 aromatic rings. The molecule has 2 amide bonds. The standard InChI is InChI=1S/C23H20FN5O3S/c24-15-6-4-14(5-7-15)18-9-8-16(32-18)12-17-21(25)29-23(26-22(17)31)33-19(27-29)13-20(30)28-10-2-1-3-11-28/h4-9,12,25H,1-3,10-11,13H2. The number of aliphatic imine (C=N–C) groups is 1. The van der Waals surface area contributed by atoms with E-state index in [4.69, 9.17) is 9.83 Å². The molecule has 168 valence electrons. The van der Waals surface area contributed by atoms with E-state index in [1.165, 1.54) is 23.2 Å². The molecule has 3 aliphatic rings. The van der Waals surface area contributed by atoms with E-state index in [2.05, 4.69) is 10.1 Å². The molecule has 0 spiro atoms.